The molecule has 1 fully saturated rings. The molecule has 4 aromatic rings. The van der Waals surface area contributed by atoms with Crippen molar-refractivity contribution >= 4 is 38.9 Å². The van der Waals surface area contributed by atoms with Gasteiger partial charge in [0.2, 0.25) is 0 Å². The fourth-order valence-corrected chi connectivity index (χ4v) is 4.89. The summed E-state index contributed by atoms with van der Waals surface area (Å²) in [5, 5.41) is 12.1. The second kappa shape index (κ2) is 7.90. The van der Waals surface area contributed by atoms with Gasteiger partial charge in [-0.15, -0.1) is 10.2 Å². The third-order valence-electron chi connectivity index (χ3n) is 5.59. The van der Waals surface area contributed by atoms with E-state index >= 15 is 0 Å². The average molecular weight is 494 g/mol. The van der Waals surface area contributed by atoms with Crippen molar-refractivity contribution in [1.82, 2.24) is 29.9 Å². The van der Waals surface area contributed by atoms with Crippen molar-refractivity contribution < 1.29 is 0 Å². The summed E-state index contributed by atoms with van der Waals surface area (Å²) in [6.07, 6.45) is 5.22. The predicted octanol–water partition coefficient (Wildman–Crippen LogP) is 4.34. The van der Waals surface area contributed by atoms with Crippen LogP contribution in [0, 0.1) is 13.8 Å². The number of thiocarbonyl (C=S) groups is 1. The van der Waals surface area contributed by atoms with Crippen LogP contribution in [-0.2, 0) is 0 Å². The third-order valence-corrected chi connectivity index (χ3v) is 6.44. The Morgan fingerprint density at radius 3 is 2.45 bits per heavy atom. The van der Waals surface area contributed by atoms with Crippen molar-refractivity contribution in [3.8, 4) is 0 Å². The summed E-state index contributed by atoms with van der Waals surface area (Å²) in [6.45, 7) is 4.19. The molecule has 0 radical (unpaired) electrons. The number of anilines is 1. The molecule has 0 aliphatic carbocycles. The summed E-state index contributed by atoms with van der Waals surface area (Å²) in [6, 6.07) is 16.2. The zero-order valence-electron chi connectivity index (χ0n) is 17.0. The van der Waals surface area contributed by atoms with Crippen LogP contribution in [0.3, 0.4) is 0 Å². The molecular weight excluding hydrogens is 474 g/mol. The molecule has 0 unspecified atom stereocenters. The molecular formula is C22H20BrN7S. The molecule has 0 saturated carbocycles. The van der Waals surface area contributed by atoms with Crippen molar-refractivity contribution in [2.45, 2.75) is 25.9 Å². The van der Waals surface area contributed by atoms with E-state index in [1.54, 1.807) is 12.7 Å². The molecule has 3 aromatic heterocycles. The summed E-state index contributed by atoms with van der Waals surface area (Å²) in [7, 11) is 0. The summed E-state index contributed by atoms with van der Waals surface area (Å²) in [4.78, 5) is 6.81. The predicted molar refractivity (Wildman–Crippen MR) is 127 cm³/mol. The van der Waals surface area contributed by atoms with E-state index in [9.17, 15) is 0 Å². The Balaban J connectivity index is 1.68. The van der Waals surface area contributed by atoms with E-state index in [0.29, 0.717) is 5.11 Å². The number of halogens is 1. The fraction of sp³-hybridized carbons (Fsp3) is 0.182. The van der Waals surface area contributed by atoms with Crippen LogP contribution in [0.15, 0.2) is 71.9 Å². The highest BCUT2D eigenvalue weighted by molar-refractivity contribution is 9.10. The number of benzene rings is 1. The van der Waals surface area contributed by atoms with Gasteiger partial charge in [0.1, 0.15) is 12.7 Å². The van der Waals surface area contributed by atoms with E-state index in [1.807, 2.05) is 41.2 Å². The topological polar surface area (TPSA) is 63.8 Å². The van der Waals surface area contributed by atoms with Crippen LogP contribution >= 0.6 is 28.1 Å². The van der Waals surface area contributed by atoms with E-state index in [0.717, 1.165) is 32.8 Å². The lowest BCUT2D eigenvalue weighted by Gasteiger charge is -2.28. The number of hydrogen-bond donors (Lipinski definition) is 1. The zero-order chi connectivity index (χ0) is 21.5. The first-order valence-electron chi connectivity index (χ1n) is 9.85. The molecule has 1 N–H and O–H groups in total. The minimum Gasteiger partial charge on any atom is -0.351 e. The van der Waals surface area contributed by atoms with Gasteiger partial charge in [0.05, 0.1) is 17.8 Å². The molecule has 4 heterocycles. The number of nitrogens with one attached hydrogen (secondary N) is 1. The Morgan fingerprint density at radius 1 is 1.03 bits per heavy atom. The first kappa shape index (κ1) is 19.9. The van der Waals surface area contributed by atoms with Gasteiger partial charge in [0.25, 0.3) is 0 Å². The van der Waals surface area contributed by atoms with Crippen molar-refractivity contribution in [2.24, 2.45) is 0 Å². The molecule has 2 atom stereocenters. The van der Waals surface area contributed by atoms with Crippen LogP contribution in [0.1, 0.15) is 34.7 Å². The Hall–Kier alpha value is -3.04. The molecule has 1 aliphatic heterocycles. The highest BCUT2D eigenvalue weighted by Crippen LogP contribution is 2.43. The summed E-state index contributed by atoms with van der Waals surface area (Å²) in [5.41, 5.74) is 5.32. The van der Waals surface area contributed by atoms with Crippen LogP contribution in [0.5, 0.6) is 0 Å². The molecule has 9 heteroatoms. The number of nitrogens with zero attached hydrogens (tertiary/aromatic N) is 6. The Labute approximate surface area is 193 Å². The van der Waals surface area contributed by atoms with Crippen molar-refractivity contribution in [1.29, 1.82) is 0 Å². The summed E-state index contributed by atoms with van der Waals surface area (Å²) >= 11 is 9.34. The zero-order valence-corrected chi connectivity index (χ0v) is 19.4. The van der Waals surface area contributed by atoms with Crippen LogP contribution < -0.4 is 10.2 Å². The minimum absolute atomic E-state index is 0.0694. The first-order valence-corrected chi connectivity index (χ1v) is 11.0. The number of hydrogen-bond acceptors (Lipinski definition) is 4. The lowest BCUT2D eigenvalue weighted by atomic mass is 9.96. The van der Waals surface area contributed by atoms with E-state index in [2.05, 4.69) is 78.1 Å². The van der Waals surface area contributed by atoms with Crippen LogP contribution in [-0.4, -0.2) is 29.6 Å². The minimum atomic E-state index is -0.0905. The molecule has 1 saturated heterocycles. The molecule has 0 spiro atoms. The quantitative estimate of drug-likeness (QED) is 0.426. The number of aromatic nitrogens is 5. The van der Waals surface area contributed by atoms with Crippen molar-refractivity contribution in [3.63, 3.8) is 0 Å². The number of pyridine rings is 1. The fourth-order valence-electron chi connectivity index (χ4n) is 4.28. The standard InChI is InChI=1S/C22H20BrN7S/c1-14-11-18(15(2)30(14)28-12-25-26-13-28)21-20(19-5-3-4-10-24-19)27-22(31)29(21)17-8-6-16(23)7-9-17/h3-13,20-21H,1-2H3,(H,27,31)/t20-,21+/m1/s1. The van der Waals surface area contributed by atoms with Gasteiger partial charge in [-0.1, -0.05) is 22.0 Å². The van der Waals surface area contributed by atoms with Gasteiger partial charge in [-0.2, -0.15) is 0 Å². The lowest BCUT2D eigenvalue weighted by Crippen LogP contribution is -2.29. The molecule has 1 aliphatic rings. The normalized spacial score (nSPS) is 18.4. The third kappa shape index (κ3) is 3.43. The van der Waals surface area contributed by atoms with Crippen molar-refractivity contribution in [3.05, 3.63) is 94.5 Å². The lowest BCUT2D eigenvalue weighted by molar-refractivity contribution is 0.557. The van der Waals surface area contributed by atoms with Gasteiger partial charge in [0, 0.05) is 33.3 Å². The number of rotatable bonds is 4. The average Bonchev–Trinajstić information content (AvgIpc) is 3.47. The van der Waals surface area contributed by atoms with E-state index < -0.39 is 0 Å². The van der Waals surface area contributed by atoms with Crippen LogP contribution in [0.2, 0.25) is 0 Å². The van der Waals surface area contributed by atoms with Gasteiger partial charge in [-0.05, 0) is 68.5 Å². The van der Waals surface area contributed by atoms with E-state index in [4.69, 9.17) is 12.2 Å². The first-order chi connectivity index (χ1) is 15.0. The molecule has 5 rings (SSSR count). The van der Waals surface area contributed by atoms with Gasteiger partial charge in [-0.3, -0.25) is 9.66 Å². The molecule has 1 aromatic carbocycles. The van der Waals surface area contributed by atoms with Gasteiger partial charge < -0.3 is 10.2 Å². The Morgan fingerprint density at radius 2 is 1.77 bits per heavy atom. The van der Waals surface area contributed by atoms with Gasteiger partial charge in [-0.25, -0.2) is 4.68 Å². The van der Waals surface area contributed by atoms with Gasteiger partial charge >= 0.3 is 0 Å². The summed E-state index contributed by atoms with van der Waals surface area (Å²) in [5.74, 6) is 0. The number of aryl methyl sites for hydroxylation is 1. The molecule has 0 amide bonds. The van der Waals surface area contributed by atoms with Gasteiger partial charge in [0.15, 0.2) is 5.11 Å². The maximum Gasteiger partial charge on any atom is 0.174 e. The van der Waals surface area contributed by atoms with E-state index in [1.165, 1.54) is 0 Å². The molecule has 156 valence electrons. The Bertz CT molecular complexity index is 1220. The van der Waals surface area contributed by atoms with Crippen molar-refractivity contribution in [2.75, 3.05) is 4.90 Å². The highest BCUT2D eigenvalue weighted by Gasteiger charge is 2.42. The molecule has 0 bridgehead atoms. The van der Waals surface area contributed by atoms with Crippen LogP contribution in [0.25, 0.3) is 0 Å². The summed E-state index contributed by atoms with van der Waals surface area (Å²) < 4.78 is 5.01. The second-order valence-corrected chi connectivity index (χ2v) is 8.76. The largest absolute Gasteiger partial charge is 0.351 e. The highest BCUT2D eigenvalue weighted by atomic mass is 79.9. The molecule has 7 nitrogen and oxygen atoms in total. The monoisotopic (exact) mass is 493 g/mol. The molecule has 31 heavy (non-hydrogen) atoms. The SMILES string of the molecule is Cc1cc([C@H]2[C@@H](c3ccccn3)NC(=S)N2c2ccc(Br)cc2)c(C)n1-n1cnnc1. The smallest absolute Gasteiger partial charge is 0.174 e. The maximum atomic E-state index is 5.82. The van der Waals surface area contributed by atoms with Crippen LogP contribution in [0.4, 0.5) is 5.69 Å². The Kier molecular flexibility index (Phi) is 5.07. The maximum absolute atomic E-state index is 5.82. The second-order valence-electron chi connectivity index (χ2n) is 7.45. The van der Waals surface area contributed by atoms with E-state index in [-0.39, 0.29) is 12.1 Å².